The predicted octanol–water partition coefficient (Wildman–Crippen LogP) is 5.08. The molecule has 1 atom stereocenters. The number of aryl methyl sites for hydroxylation is 1. The molecule has 0 fully saturated rings. The first-order valence-corrected chi connectivity index (χ1v) is 11.7. The molecule has 0 saturated heterocycles. The summed E-state index contributed by atoms with van der Waals surface area (Å²) in [6, 6.07) is 25.0. The number of likely N-dealkylation sites (N-methyl/N-ethyl adjacent to an activating group) is 1. The minimum atomic E-state index is -0.604. The van der Waals surface area contributed by atoms with Crippen LogP contribution in [-0.4, -0.2) is 29.3 Å². The average molecular weight is 493 g/mol. The number of hydrogen-bond donors (Lipinski definition) is 1. The van der Waals surface area contributed by atoms with Gasteiger partial charge in [0, 0.05) is 24.0 Å². The quantitative estimate of drug-likeness (QED) is 0.452. The zero-order valence-electron chi connectivity index (χ0n) is 18.6. The van der Waals surface area contributed by atoms with E-state index in [9.17, 15) is 9.59 Å². The summed E-state index contributed by atoms with van der Waals surface area (Å²) in [6.07, 6.45) is 0.714. The number of amides is 2. The van der Waals surface area contributed by atoms with E-state index in [0.29, 0.717) is 19.5 Å². The molecule has 166 valence electrons. The molecule has 2 amide bonds. The highest BCUT2D eigenvalue weighted by atomic mass is 79.9. The Labute approximate surface area is 198 Å². The first kappa shape index (κ1) is 23.7. The SMILES string of the molecule is CCNC(=O)[C@@H](Cc1ccccc1)N(Cc1cccc(Br)c1)C(=O)Cc1ccccc1C. The second-order valence-electron chi connectivity index (χ2n) is 7.85. The lowest BCUT2D eigenvalue weighted by Gasteiger charge is -2.32. The molecule has 3 aromatic carbocycles. The molecule has 0 aromatic heterocycles. The van der Waals surface area contributed by atoms with Gasteiger partial charge < -0.3 is 10.2 Å². The summed E-state index contributed by atoms with van der Waals surface area (Å²) >= 11 is 3.51. The molecule has 4 nitrogen and oxygen atoms in total. The third-order valence-electron chi connectivity index (χ3n) is 5.47. The molecular formula is C27H29BrN2O2. The van der Waals surface area contributed by atoms with Crippen LogP contribution in [0.15, 0.2) is 83.3 Å². The first-order chi connectivity index (χ1) is 15.5. The summed E-state index contributed by atoms with van der Waals surface area (Å²) < 4.78 is 0.943. The Hall–Kier alpha value is -2.92. The van der Waals surface area contributed by atoms with Crippen molar-refractivity contribution in [2.75, 3.05) is 6.54 Å². The highest BCUT2D eigenvalue weighted by Crippen LogP contribution is 2.19. The van der Waals surface area contributed by atoms with Crippen molar-refractivity contribution in [3.63, 3.8) is 0 Å². The summed E-state index contributed by atoms with van der Waals surface area (Å²) in [6.45, 7) is 4.78. The summed E-state index contributed by atoms with van der Waals surface area (Å²) in [5.74, 6) is -0.198. The van der Waals surface area contributed by atoms with E-state index in [0.717, 1.165) is 26.7 Å². The lowest BCUT2D eigenvalue weighted by molar-refractivity contribution is -0.140. The molecule has 0 spiro atoms. The molecule has 0 radical (unpaired) electrons. The fraction of sp³-hybridized carbons (Fsp3) is 0.259. The summed E-state index contributed by atoms with van der Waals surface area (Å²) in [5.41, 5.74) is 4.04. The van der Waals surface area contributed by atoms with Gasteiger partial charge in [0.25, 0.3) is 0 Å². The summed E-state index contributed by atoms with van der Waals surface area (Å²) in [5, 5.41) is 2.93. The number of nitrogens with zero attached hydrogens (tertiary/aromatic N) is 1. The zero-order chi connectivity index (χ0) is 22.9. The molecule has 0 unspecified atom stereocenters. The van der Waals surface area contributed by atoms with Crippen molar-refractivity contribution < 1.29 is 9.59 Å². The second-order valence-corrected chi connectivity index (χ2v) is 8.77. The van der Waals surface area contributed by atoms with Gasteiger partial charge in [0.15, 0.2) is 0 Å². The molecule has 3 rings (SSSR count). The van der Waals surface area contributed by atoms with Gasteiger partial charge in [-0.1, -0.05) is 82.7 Å². The maximum Gasteiger partial charge on any atom is 0.243 e. The van der Waals surface area contributed by atoms with E-state index >= 15 is 0 Å². The Morgan fingerprint density at radius 3 is 2.31 bits per heavy atom. The first-order valence-electron chi connectivity index (χ1n) is 10.9. The van der Waals surface area contributed by atoms with E-state index in [1.807, 2.05) is 92.7 Å². The van der Waals surface area contributed by atoms with Gasteiger partial charge in [-0.2, -0.15) is 0 Å². The second kappa shape index (κ2) is 11.6. The molecule has 3 aromatic rings. The van der Waals surface area contributed by atoms with E-state index in [1.54, 1.807) is 4.90 Å². The van der Waals surface area contributed by atoms with E-state index in [-0.39, 0.29) is 18.2 Å². The Bertz CT molecular complexity index is 1050. The van der Waals surface area contributed by atoms with Crippen LogP contribution in [0.4, 0.5) is 0 Å². The summed E-state index contributed by atoms with van der Waals surface area (Å²) in [4.78, 5) is 28.5. The number of benzene rings is 3. The van der Waals surface area contributed by atoms with Gasteiger partial charge in [-0.25, -0.2) is 0 Å². The zero-order valence-corrected chi connectivity index (χ0v) is 20.1. The van der Waals surface area contributed by atoms with Gasteiger partial charge in [0.05, 0.1) is 6.42 Å². The van der Waals surface area contributed by atoms with E-state index in [1.165, 1.54) is 0 Å². The Balaban J connectivity index is 1.96. The van der Waals surface area contributed by atoms with Crippen molar-refractivity contribution in [2.45, 2.75) is 39.3 Å². The van der Waals surface area contributed by atoms with Gasteiger partial charge >= 0.3 is 0 Å². The van der Waals surface area contributed by atoms with E-state index < -0.39 is 6.04 Å². The number of nitrogens with one attached hydrogen (secondary N) is 1. The molecule has 0 aliphatic carbocycles. The minimum Gasteiger partial charge on any atom is -0.355 e. The van der Waals surface area contributed by atoms with Crippen molar-refractivity contribution in [1.82, 2.24) is 10.2 Å². The standard InChI is InChI=1S/C27H29BrN2O2/c1-3-29-27(32)25(17-21-11-5-4-6-12-21)30(19-22-13-9-15-24(28)16-22)26(31)18-23-14-8-7-10-20(23)2/h4-16,25H,3,17-19H2,1-2H3,(H,29,32)/t25-/m1/s1. The highest BCUT2D eigenvalue weighted by Gasteiger charge is 2.30. The van der Waals surface area contributed by atoms with Crippen molar-refractivity contribution in [1.29, 1.82) is 0 Å². The number of carbonyl (C=O) groups excluding carboxylic acids is 2. The Morgan fingerprint density at radius 2 is 1.62 bits per heavy atom. The Morgan fingerprint density at radius 1 is 0.938 bits per heavy atom. The molecule has 0 bridgehead atoms. The van der Waals surface area contributed by atoms with Crippen LogP contribution in [0.3, 0.4) is 0 Å². The van der Waals surface area contributed by atoms with Crippen LogP contribution in [0.2, 0.25) is 0 Å². The number of halogens is 1. The molecule has 0 saturated carbocycles. The van der Waals surface area contributed by atoms with Gasteiger partial charge in [-0.15, -0.1) is 0 Å². The van der Waals surface area contributed by atoms with Crippen LogP contribution in [0, 0.1) is 6.92 Å². The van der Waals surface area contributed by atoms with Crippen molar-refractivity contribution >= 4 is 27.7 Å². The number of carbonyl (C=O) groups is 2. The lowest BCUT2D eigenvalue weighted by Crippen LogP contribution is -2.51. The molecular weight excluding hydrogens is 464 g/mol. The summed E-state index contributed by atoms with van der Waals surface area (Å²) in [7, 11) is 0. The van der Waals surface area contributed by atoms with Gasteiger partial charge in [-0.3, -0.25) is 9.59 Å². The largest absolute Gasteiger partial charge is 0.355 e. The van der Waals surface area contributed by atoms with Crippen LogP contribution in [0.1, 0.15) is 29.2 Å². The van der Waals surface area contributed by atoms with Crippen molar-refractivity contribution in [3.8, 4) is 0 Å². The third kappa shape index (κ3) is 6.54. The van der Waals surface area contributed by atoms with Crippen LogP contribution in [0.5, 0.6) is 0 Å². The Kier molecular flexibility index (Phi) is 8.63. The normalized spacial score (nSPS) is 11.6. The van der Waals surface area contributed by atoms with Gasteiger partial charge in [0.1, 0.15) is 6.04 Å². The molecule has 1 N–H and O–H groups in total. The van der Waals surface area contributed by atoms with Crippen LogP contribution < -0.4 is 5.32 Å². The van der Waals surface area contributed by atoms with E-state index in [2.05, 4.69) is 21.2 Å². The minimum absolute atomic E-state index is 0.0635. The van der Waals surface area contributed by atoms with Gasteiger partial charge in [0.2, 0.25) is 11.8 Å². The average Bonchev–Trinajstić information content (AvgIpc) is 2.78. The maximum absolute atomic E-state index is 13.6. The topological polar surface area (TPSA) is 49.4 Å². The molecule has 5 heteroatoms. The monoisotopic (exact) mass is 492 g/mol. The molecule has 32 heavy (non-hydrogen) atoms. The maximum atomic E-state index is 13.6. The smallest absolute Gasteiger partial charge is 0.243 e. The fourth-order valence-electron chi connectivity index (χ4n) is 3.75. The van der Waals surface area contributed by atoms with Crippen LogP contribution >= 0.6 is 15.9 Å². The predicted molar refractivity (Wildman–Crippen MR) is 132 cm³/mol. The third-order valence-corrected chi connectivity index (χ3v) is 5.96. The molecule has 0 aliphatic heterocycles. The fourth-order valence-corrected chi connectivity index (χ4v) is 4.20. The van der Waals surface area contributed by atoms with E-state index in [4.69, 9.17) is 0 Å². The lowest BCUT2D eigenvalue weighted by atomic mass is 10.0. The number of rotatable bonds is 9. The van der Waals surface area contributed by atoms with Crippen LogP contribution in [0.25, 0.3) is 0 Å². The van der Waals surface area contributed by atoms with Crippen molar-refractivity contribution in [3.05, 3.63) is 106 Å². The molecule has 0 aliphatic rings. The number of hydrogen-bond acceptors (Lipinski definition) is 2. The van der Waals surface area contributed by atoms with Crippen molar-refractivity contribution in [2.24, 2.45) is 0 Å². The van der Waals surface area contributed by atoms with Crippen LogP contribution in [-0.2, 0) is 29.0 Å². The van der Waals surface area contributed by atoms with Gasteiger partial charge in [-0.05, 0) is 48.2 Å². The highest BCUT2D eigenvalue weighted by molar-refractivity contribution is 9.10. The molecule has 0 heterocycles.